The van der Waals surface area contributed by atoms with Gasteiger partial charge in [0.2, 0.25) is 0 Å². The van der Waals surface area contributed by atoms with Gasteiger partial charge in [-0.25, -0.2) is 0 Å². The molecule has 1 saturated heterocycles. The summed E-state index contributed by atoms with van der Waals surface area (Å²) in [6.45, 7) is 6.70. The summed E-state index contributed by atoms with van der Waals surface area (Å²) in [7, 11) is 0. The standard InChI is InChI=1S/C11H16BrNOS/c1-8(2)11(14)6-13(7-11)5-9-3-4-15-10(9)12/h3-4,8,14H,5-7H2,1-2H3. The van der Waals surface area contributed by atoms with Crippen molar-refractivity contribution in [3.63, 3.8) is 0 Å². The van der Waals surface area contributed by atoms with Gasteiger partial charge in [0.25, 0.3) is 0 Å². The van der Waals surface area contributed by atoms with E-state index in [1.807, 2.05) is 0 Å². The molecule has 0 aromatic carbocycles. The topological polar surface area (TPSA) is 23.5 Å². The van der Waals surface area contributed by atoms with Crippen LogP contribution >= 0.6 is 27.3 Å². The molecule has 0 bridgehead atoms. The maximum absolute atomic E-state index is 10.1. The number of likely N-dealkylation sites (tertiary alicyclic amines) is 1. The van der Waals surface area contributed by atoms with Crippen LogP contribution in [0.25, 0.3) is 0 Å². The van der Waals surface area contributed by atoms with Crippen molar-refractivity contribution in [3.8, 4) is 0 Å². The summed E-state index contributed by atoms with van der Waals surface area (Å²) in [5.74, 6) is 0.347. The first-order valence-electron chi connectivity index (χ1n) is 5.18. The third kappa shape index (κ3) is 2.28. The van der Waals surface area contributed by atoms with E-state index in [1.165, 1.54) is 9.35 Å². The van der Waals surface area contributed by atoms with Crippen LogP contribution in [0.5, 0.6) is 0 Å². The molecule has 0 saturated carbocycles. The van der Waals surface area contributed by atoms with E-state index in [-0.39, 0.29) is 0 Å². The molecule has 0 spiro atoms. The minimum absolute atomic E-state index is 0.347. The second-order valence-corrected chi connectivity index (χ2v) is 6.86. The van der Waals surface area contributed by atoms with E-state index in [0.29, 0.717) is 5.92 Å². The molecule has 1 aromatic heterocycles. The van der Waals surface area contributed by atoms with Crippen molar-refractivity contribution in [1.82, 2.24) is 4.90 Å². The van der Waals surface area contributed by atoms with E-state index < -0.39 is 5.60 Å². The summed E-state index contributed by atoms with van der Waals surface area (Å²) < 4.78 is 1.21. The number of hydrogen-bond acceptors (Lipinski definition) is 3. The third-order valence-electron chi connectivity index (χ3n) is 3.16. The molecule has 0 radical (unpaired) electrons. The van der Waals surface area contributed by atoms with E-state index in [0.717, 1.165) is 19.6 Å². The highest BCUT2D eigenvalue weighted by Gasteiger charge is 2.43. The van der Waals surface area contributed by atoms with Gasteiger partial charge in [0.15, 0.2) is 0 Å². The zero-order valence-electron chi connectivity index (χ0n) is 9.03. The second-order valence-electron chi connectivity index (χ2n) is 4.62. The molecule has 15 heavy (non-hydrogen) atoms. The van der Waals surface area contributed by atoms with Crippen LogP contribution < -0.4 is 0 Å². The molecule has 2 heterocycles. The lowest BCUT2D eigenvalue weighted by Crippen LogP contribution is -2.63. The Morgan fingerprint density at radius 2 is 2.27 bits per heavy atom. The Hall–Kier alpha value is 0.100. The van der Waals surface area contributed by atoms with Crippen LogP contribution in [0.2, 0.25) is 0 Å². The van der Waals surface area contributed by atoms with E-state index in [2.05, 4.69) is 46.1 Å². The van der Waals surface area contributed by atoms with Crippen LogP contribution in [-0.2, 0) is 6.54 Å². The molecule has 1 N–H and O–H groups in total. The van der Waals surface area contributed by atoms with Crippen LogP contribution in [0.1, 0.15) is 19.4 Å². The van der Waals surface area contributed by atoms with Crippen molar-refractivity contribution in [1.29, 1.82) is 0 Å². The highest BCUT2D eigenvalue weighted by atomic mass is 79.9. The minimum atomic E-state index is -0.456. The van der Waals surface area contributed by atoms with E-state index >= 15 is 0 Å². The van der Waals surface area contributed by atoms with Gasteiger partial charge in [-0.05, 0) is 38.9 Å². The summed E-state index contributed by atoms with van der Waals surface area (Å²) in [6.07, 6.45) is 0. The lowest BCUT2D eigenvalue weighted by molar-refractivity contribution is -0.130. The zero-order valence-corrected chi connectivity index (χ0v) is 11.4. The predicted octanol–water partition coefficient (Wildman–Crippen LogP) is 2.71. The number of β-amino-alcohol motifs (C(OH)–C–C–N with tert-alkyl or cyclic N) is 1. The molecule has 1 aromatic rings. The Bertz CT molecular complexity index is 344. The van der Waals surface area contributed by atoms with Crippen molar-refractivity contribution in [2.75, 3.05) is 13.1 Å². The van der Waals surface area contributed by atoms with E-state index in [9.17, 15) is 5.11 Å². The van der Waals surface area contributed by atoms with Gasteiger partial charge in [0, 0.05) is 19.6 Å². The van der Waals surface area contributed by atoms with E-state index in [4.69, 9.17) is 0 Å². The van der Waals surface area contributed by atoms with Gasteiger partial charge in [0.05, 0.1) is 9.39 Å². The number of halogens is 1. The van der Waals surface area contributed by atoms with Crippen LogP contribution in [0.3, 0.4) is 0 Å². The van der Waals surface area contributed by atoms with Gasteiger partial charge in [-0.1, -0.05) is 13.8 Å². The number of nitrogens with zero attached hydrogens (tertiary/aromatic N) is 1. The van der Waals surface area contributed by atoms with Crippen molar-refractivity contribution in [3.05, 3.63) is 20.8 Å². The molecule has 1 aliphatic rings. The molecule has 0 atom stereocenters. The van der Waals surface area contributed by atoms with Crippen LogP contribution in [0, 0.1) is 5.92 Å². The largest absolute Gasteiger partial charge is 0.387 e. The molecular formula is C11H16BrNOS. The maximum Gasteiger partial charge on any atom is 0.0923 e. The summed E-state index contributed by atoms with van der Waals surface area (Å²) in [4.78, 5) is 2.28. The summed E-state index contributed by atoms with van der Waals surface area (Å²) in [5.41, 5.74) is 0.869. The Kier molecular flexibility index (Phi) is 3.22. The van der Waals surface area contributed by atoms with Gasteiger partial charge < -0.3 is 5.11 Å². The Morgan fingerprint density at radius 3 is 2.73 bits per heavy atom. The number of hydrogen-bond donors (Lipinski definition) is 1. The van der Waals surface area contributed by atoms with Gasteiger partial charge in [0.1, 0.15) is 0 Å². The highest BCUT2D eigenvalue weighted by molar-refractivity contribution is 9.11. The molecule has 0 unspecified atom stereocenters. The van der Waals surface area contributed by atoms with Crippen molar-refractivity contribution < 1.29 is 5.11 Å². The third-order valence-corrected chi connectivity index (χ3v) is 4.97. The molecule has 0 aliphatic carbocycles. The monoisotopic (exact) mass is 289 g/mol. The van der Waals surface area contributed by atoms with Crippen LogP contribution in [-0.4, -0.2) is 28.7 Å². The molecule has 4 heteroatoms. The second kappa shape index (κ2) is 4.17. The number of aliphatic hydroxyl groups is 1. The predicted molar refractivity (Wildman–Crippen MR) is 67.1 cm³/mol. The summed E-state index contributed by atoms with van der Waals surface area (Å²) in [6, 6.07) is 2.14. The van der Waals surface area contributed by atoms with E-state index in [1.54, 1.807) is 11.3 Å². The molecule has 1 fully saturated rings. The highest BCUT2D eigenvalue weighted by Crippen LogP contribution is 2.32. The smallest absolute Gasteiger partial charge is 0.0923 e. The Morgan fingerprint density at radius 1 is 1.60 bits per heavy atom. The van der Waals surface area contributed by atoms with Gasteiger partial charge in [-0.3, -0.25) is 4.90 Å². The average molecular weight is 290 g/mol. The normalized spacial score (nSPS) is 20.6. The first-order valence-corrected chi connectivity index (χ1v) is 6.85. The fraction of sp³-hybridized carbons (Fsp3) is 0.636. The van der Waals surface area contributed by atoms with Gasteiger partial charge in [-0.2, -0.15) is 0 Å². The quantitative estimate of drug-likeness (QED) is 0.925. The van der Waals surface area contributed by atoms with Gasteiger partial charge >= 0.3 is 0 Å². The summed E-state index contributed by atoms with van der Waals surface area (Å²) >= 11 is 5.25. The number of rotatable bonds is 3. The van der Waals surface area contributed by atoms with Crippen molar-refractivity contribution in [2.45, 2.75) is 26.0 Å². The maximum atomic E-state index is 10.1. The van der Waals surface area contributed by atoms with Crippen LogP contribution in [0.15, 0.2) is 15.2 Å². The Labute approximate surface area is 103 Å². The van der Waals surface area contributed by atoms with Crippen molar-refractivity contribution in [2.24, 2.45) is 5.92 Å². The lowest BCUT2D eigenvalue weighted by Gasteiger charge is -2.49. The Balaban J connectivity index is 1.89. The number of thiophene rings is 1. The fourth-order valence-corrected chi connectivity index (χ4v) is 3.09. The fourth-order valence-electron chi connectivity index (χ4n) is 1.88. The van der Waals surface area contributed by atoms with Gasteiger partial charge in [-0.15, -0.1) is 11.3 Å². The molecular weight excluding hydrogens is 274 g/mol. The van der Waals surface area contributed by atoms with Crippen LogP contribution in [0.4, 0.5) is 0 Å². The first-order chi connectivity index (χ1) is 7.01. The molecule has 1 aliphatic heterocycles. The van der Waals surface area contributed by atoms with Crippen molar-refractivity contribution >= 4 is 27.3 Å². The minimum Gasteiger partial charge on any atom is -0.387 e. The first kappa shape index (κ1) is 11.6. The molecule has 0 amide bonds. The SMILES string of the molecule is CC(C)C1(O)CN(Cc2ccsc2Br)C1. The lowest BCUT2D eigenvalue weighted by atomic mass is 9.83. The molecule has 2 rings (SSSR count). The molecule has 2 nitrogen and oxygen atoms in total. The summed E-state index contributed by atoms with van der Waals surface area (Å²) in [5, 5.41) is 12.2. The zero-order chi connectivity index (χ0) is 11.1. The molecule has 84 valence electrons. The average Bonchev–Trinajstić information content (AvgIpc) is 2.48.